The van der Waals surface area contributed by atoms with Crippen LogP contribution in [0.2, 0.25) is 0 Å². The van der Waals surface area contributed by atoms with Crippen LogP contribution in [-0.4, -0.2) is 28.8 Å². The lowest BCUT2D eigenvalue weighted by Gasteiger charge is -2.29. The molecule has 0 aliphatic carbocycles. The first kappa shape index (κ1) is 19.2. The molecule has 0 aromatic heterocycles. The van der Waals surface area contributed by atoms with Crippen molar-refractivity contribution in [2.75, 3.05) is 12.4 Å². The number of nitrogens with one attached hydrogen (secondary N) is 1. The number of fused-ring (bicyclic) bond motifs is 1. The SMILES string of the molecule is Cc1ccc(NC(=O)CC2=[N+](C)C(C)(C)Cc3ccccc32)cc1.[Cl-]. The molecule has 3 rings (SSSR count). The quantitative estimate of drug-likeness (QED) is 0.810. The Kier molecular flexibility index (Phi) is 5.69. The number of nitrogens with zero attached hydrogens (tertiary/aromatic N) is 1. The number of hydrogen-bond acceptors (Lipinski definition) is 1. The predicted octanol–water partition coefficient (Wildman–Crippen LogP) is 0.794. The van der Waals surface area contributed by atoms with Crippen molar-refractivity contribution < 1.29 is 21.8 Å². The fraction of sp³-hybridized carbons (Fsp3) is 0.333. The number of aryl methyl sites for hydroxylation is 1. The Bertz CT molecular complexity index is 807. The van der Waals surface area contributed by atoms with Crippen LogP contribution in [0.4, 0.5) is 5.69 Å². The van der Waals surface area contributed by atoms with Gasteiger partial charge in [-0.2, -0.15) is 0 Å². The summed E-state index contributed by atoms with van der Waals surface area (Å²) in [5, 5.41) is 3.01. The number of rotatable bonds is 3. The molecule has 0 radical (unpaired) electrons. The summed E-state index contributed by atoms with van der Waals surface area (Å²) < 4.78 is 2.25. The van der Waals surface area contributed by atoms with Crippen LogP contribution in [-0.2, 0) is 11.2 Å². The standard InChI is InChI=1S/C21H24N2O.ClH/c1-15-9-11-17(12-10-15)22-20(24)13-19-18-8-6-5-7-16(18)14-21(2,3)23(19)4;/h5-12H,13-14H2,1-4H3;1H. The normalized spacial score (nSPS) is 15.2. The van der Waals surface area contributed by atoms with Crippen LogP contribution >= 0.6 is 0 Å². The molecule has 2 aromatic rings. The van der Waals surface area contributed by atoms with Gasteiger partial charge in [-0.15, -0.1) is 0 Å². The second-order valence-corrected chi connectivity index (χ2v) is 7.24. The zero-order valence-corrected chi connectivity index (χ0v) is 16.0. The third kappa shape index (κ3) is 4.10. The minimum atomic E-state index is 0. The molecule has 0 spiro atoms. The van der Waals surface area contributed by atoms with E-state index < -0.39 is 0 Å². The molecule has 2 aromatic carbocycles. The maximum Gasteiger partial charge on any atom is 0.234 e. The first-order valence-electron chi connectivity index (χ1n) is 8.41. The molecule has 4 heteroatoms. The summed E-state index contributed by atoms with van der Waals surface area (Å²) in [6.45, 7) is 6.49. The van der Waals surface area contributed by atoms with E-state index in [0.29, 0.717) is 6.42 Å². The average molecular weight is 357 g/mol. The summed E-state index contributed by atoms with van der Waals surface area (Å²) in [6.07, 6.45) is 1.37. The smallest absolute Gasteiger partial charge is 0.234 e. The number of amides is 1. The van der Waals surface area contributed by atoms with E-state index in [1.54, 1.807) is 0 Å². The summed E-state index contributed by atoms with van der Waals surface area (Å²) in [4.78, 5) is 12.6. The summed E-state index contributed by atoms with van der Waals surface area (Å²) in [7, 11) is 2.09. The first-order chi connectivity index (χ1) is 11.4. The summed E-state index contributed by atoms with van der Waals surface area (Å²) >= 11 is 0. The fourth-order valence-electron chi connectivity index (χ4n) is 3.29. The second-order valence-electron chi connectivity index (χ2n) is 7.24. The Morgan fingerprint density at radius 3 is 2.44 bits per heavy atom. The third-order valence-electron chi connectivity index (χ3n) is 4.93. The Labute approximate surface area is 156 Å². The summed E-state index contributed by atoms with van der Waals surface area (Å²) in [6, 6.07) is 16.3. The lowest BCUT2D eigenvalue weighted by Crippen LogP contribution is -3.00. The molecule has 3 nitrogen and oxygen atoms in total. The second kappa shape index (κ2) is 7.40. The van der Waals surface area contributed by atoms with Gasteiger partial charge in [-0.1, -0.05) is 35.9 Å². The molecule has 1 aliphatic rings. The molecule has 0 fully saturated rings. The van der Waals surface area contributed by atoms with E-state index in [4.69, 9.17) is 0 Å². The Morgan fingerprint density at radius 1 is 1.12 bits per heavy atom. The van der Waals surface area contributed by atoms with Gasteiger partial charge in [0.05, 0.1) is 0 Å². The highest BCUT2D eigenvalue weighted by Crippen LogP contribution is 2.27. The molecular formula is C21H25ClN2O. The monoisotopic (exact) mass is 356 g/mol. The van der Waals surface area contributed by atoms with E-state index in [-0.39, 0.29) is 23.9 Å². The maximum absolute atomic E-state index is 12.6. The van der Waals surface area contributed by atoms with Crippen molar-refractivity contribution >= 4 is 17.3 Å². The molecular weight excluding hydrogens is 332 g/mol. The number of halogens is 1. The number of carbonyl (C=O) groups is 1. The van der Waals surface area contributed by atoms with Gasteiger partial charge in [0.15, 0.2) is 11.3 Å². The minimum Gasteiger partial charge on any atom is -1.00 e. The molecule has 1 amide bonds. The van der Waals surface area contributed by atoms with Crippen LogP contribution < -0.4 is 17.7 Å². The third-order valence-corrected chi connectivity index (χ3v) is 4.93. The van der Waals surface area contributed by atoms with E-state index in [1.165, 1.54) is 16.7 Å². The van der Waals surface area contributed by atoms with Crippen LogP contribution in [0.15, 0.2) is 48.5 Å². The van der Waals surface area contributed by atoms with Crippen molar-refractivity contribution in [3.8, 4) is 0 Å². The number of benzene rings is 2. The fourth-order valence-corrected chi connectivity index (χ4v) is 3.29. The molecule has 25 heavy (non-hydrogen) atoms. The van der Waals surface area contributed by atoms with Gasteiger partial charge >= 0.3 is 0 Å². The predicted molar refractivity (Wildman–Crippen MR) is 98.9 cm³/mol. The zero-order valence-electron chi connectivity index (χ0n) is 15.3. The average Bonchev–Trinajstić information content (AvgIpc) is 2.54. The van der Waals surface area contributed by atoms with Gasteiger partial charge in [0, 0.05) is 31.5 Å². The van der Waals surface area contributed by atoms with Crippen molar-refractivity contribution in [2.45, 2.75) is 39.2 Å². The van der Waals surface area contributed by atoms with E-state index in [0.717, 1.165) is 17.8 Å². The lowest BCUT2D eigenvalue weighted by molar-refractivity contribution is -0.577. The van der Waals surface area contributed by atoms with Crippen molar-refractivity contribution in [3.05, 3.63) is 65.2 Å². The molecule has 0 saturated heterocycles. The van der Waals surface area contributed by atoms with Crippen LogP contribution in [0.3, 0.4) is 0 Å². The molecule has 0 unspecified atom stereocenters. The van der Waals surface area contributed by atoms with Gasteiger partial charge in [-0.05, 0) is 30.7 Å². The molecule has 0 bridgehead atoms. The molecule has 0 atom stereocenters. The Morgan fingerprint density at radius 2 is 1.76 bits per heavy atom. The Balaban J connectivity index is 0.00000225. The zero-order chi connectivity index (χ0) is 17.3. The highest BCUT2D eigenvalue weighted by atomic mass is 35.5. The number of carbonyl (C=O) groups excluding carboxylic acids is 1. The van der Waals surface area contributed by atoms with Gasteiger partial charge in [0.25, 0.3) is 0 Å². The highest BCUT2D eigenvalue weighted by Gasteiger charge is 2.38. The molecule has 132 valence electrons. The van der Waals surface area contributed by atoms with Gasteiger partial charge in [0.2, 0.25) is 5.91 Å². The number of anilines is 1. The van der Waals surface area contributed by atoms with E-state index >= 15 is 0 Å². The molecule has 1 heterocycles. The van der Waals surface area contributed by atoms with Crippen LogP contribution in [0.5, 0.6) is 0 Å². The lowest BCUT2D eigenvalue weighted by atomic mass is 9.84. The van der Waals surface area contributed by atoms with Crippen LogP contribution in [0.1, 0.15) is 37.0 Å². The largest absolute Gasteiger partial charge is 1.00 e. The van der Waals surface area contributed by atoms with Crippen molar-refractivity contribution in [1.82, 2.24) is 0 Å². The van der Waals surface area contributed by atoms with Crippen molar-refractivity contribution in [3.63, 3.8) is 0 Å². The van der Waals surface area contributed by atoms with E-state index in [9.17, 15) is 4.79 Å². The Hall–Kier alpha value is -2.13. The van der Waals surface area contributed by atoms with E-state index in [2.05, 4.69) is 49.0 Å². The molecule has 0 saturated carbocycles. The number of hydrogen-bond donors (Lipinski definition) is 1. The van der Waals surface area contributed by atoms with Crippen molar-refractivity contribution in [1.29, 1.82) is 0 Å². The molecule has 1 N–H and O–H groups in total. The van der Waals surface area contributed by atoms with Crippen LogP contribution in [0, 0.1) is 6.92 Å². The topological polar surface area (TPSA) is 32.1 Å². The first-order valence-corrected chi connectivity index (χ1v) is 8.41. The van der Waals surface area contributed by atoms with Gasteiger partial charge < -0.3 is 17.7 Å². The van der Waals surface area contributed by atoms with Crippen LogP contribution in [0.25, 0.3) is 0 Å². The molecule has 1 aliphatic heterocycles. The summed E-state index contributed by atoms with van der Waals surface area (Å²) in [5.41, 5.74) is 5.64. The van der Waals surface area contributed by atoms with Gasteiger partial charge in [-0.25, -0.2) is 4.58 Å². The maximum atomic E-state index is 12.6. The highest BCUT2D eigenvalue weighted by molar-refractivity contribution is 6.12. The summed E-state index contributed by atoms with van der Waals surface area (Å²) in [5.74, 6) is 0.0215. The number of likely N-dealkylation sites (N-methyl/N-ethyl adjacent to an activating group) is 1. The van der Waals surface area contributed by atoms with Crippen molar-refractivity contribution in [2.24, 2.45) is 0 Å². The minimum absolute atomic E-state index is 0. The van der Waals surface area contributed by atoms with Gasteiger partial charge in [-0.3, -0.25) is 4.79 Å². The van der Waals surface area contributed by atoms with E-state index in [1.807, 2.05) is 37.3 Å². The van der Waals surface area contributed by atoms with Gasteiger partial charge in [0.1, 0.15) is 13.5 Å².